The third-order valence-corrected chi connectivity index (χ3v) is 6.48. The number of aromatic nitrogens is 2. The molecule has 3 fully saturated rings. The molecule has 4 rings (SSSR count). The van der Waals surface area contributed by atoms with Gasteiger partial charge in [0.25, 0.3) is 0 Å². The molecule has 1 amide bonds. The second-order valence-electron chi connectivity index (χ2n) is 9.98. The molecule has 166 valence electrons. The summed E-state index contributed by atoms with van der Waals surface area (Å²) in [5, 5.41) is 3.51. The van der Waals surface area contributed by atoms with Crippen LogP contribution in [-0.2, 0) is 9.47 Å². The van der Waals surface area contributed by atoms with Crippen molar-refractivity contribution in [2.75, 3.05) is 56.2 Å². The van der Waals surface area contributed by atoms with Gasteiger partial charge in [0.15, 0.2) is 0 Å². The van der Waals surface area contributed by atoms with Crippen molar-refractivity contribution >= 4 is 17.7 Å². The van der Waals surface area contributed by atoms with E-state index in [0.29, 0.717) is 11.3 Å². The van der Waals surface area contributed by atoms with E-state index in [4.69, 9.17) is 9.47 Å². The third kappa shape index (κ3) is 5.14. The van der Waals surface area contributed by atoms with Crippen molar-refractivity contribution in [3.8, 4) is 0 Å². The molecule has 0 radical (unpaired) electrons. The third-order valence-electron chi connectivity index (χ3n) is 6.48. The Kier molecular flexibility index (Phi) is 6.04. The molecule has 2 aliphatic heterocycles. The standard InChI is InChI=1S/C22H35N5O3/c1-21(2,3)30-20(28)27-6-4-22(5-7-27)13-17(14-22)15-23-18-12-19(25-16-24-18)26-8-10-29-11-9-26/h12,16-17H,4-11,13-15H2,1-3H3,(H,23,24,25). The van der Waals surface area contributed by atoms with Crippen molar-refractivity contribution in [3.05, 3.63) is 12.4 Å². The van der Waals surface area contributed by atoms with Gasteiger partial charge in [-0.25, -0.2) is 14.8 Å². The van der Waals surface area contributed by atoms with Crippen molar-refractivity contribution in [2.24, 2.45) is 11.3 Å². The molecule has 3 aliphatic rings. The highest BCUT2D eigenvalue weighted by atomic mass is 16.6. The number of piperidine rings is 1. The Labute approximate surface area is 179 Å². The molecule has 1 N–H and O–H groups in total. The number of morpholine rings is 1. The van der Waals surface area contributed by atoms with Gasteiger partial charge in [-0.15, -0.1) is 0 Å². The van der Waals surface area contributed by atoms with Crippen LogP contribution in [0.25, 0.3) is 0 Å². The molecule has 1 saturated carbocycles. The Bertz CT molecular complexity index is 729. The molecule has 1 aliphatic carbocycles. The van der Waals surface area contributed by atoms with E-state index in [2.05, 4.69) is 20.2 Å². The Morgan fingerprint density at radius 2 is 1.90 bits per heavy atom. The molecule has 8 nitrogen and oxygen atoms in total. The van der Waals surface area contributed by atoms with Gasteiger partial charge in [-0.3, -0.25) is 0 Å². The molecule has 0 atom stereocenters. The first-order valence-corrected chi connectivity index (χ1v) is 11.2. The average Bonchev–Trinajstić information content (AvgIpc) is 2.70. The van der Waals surface area contributed by atoms with Crippen molar-refractivity contribution in [1.29, 1.82) is 0 Å². The Balaban J connectivity index is 1.20. The van der Waals surface area contributed by atoms with Gasteiger partial charge in [-0.05, 0) is 57.8 Å². The summed E-state index contributed by atoms with van der Waals surface area (Å²) in [6.45, 7) is 11.6. The molecule has 30 heavy (non-hydrogen) atoms. The summed E-state index contributed by atoms with van der Waals surface area (Å²) in [4.78, 5) is 25.2. The normalized spacial score (nSPS) is 22.0. The molecule has 1 spiro atoms. The highest BCUT2D eigenvalue weighted by molar-refractivity contribution is 5.68. The SMILES string of the molecule is CC(C)(C)OC(=O)N1CCC2(CC1)CC(CNc1cc(N3CCOCC3)ncn1)C2. The van der Waals surface area contributed by atoms with E-state index >= 15 is 0 Å². The van der Waals surface area contributed by atoms with Crippen LogP contribution in [-0.4, -0.2) is 72.5 Å². The number of carbonyl (C=O) groups excluding carboxylic acids is 1. The molecule has 2 saturated heterocycles. The smallest absolute Gasteiger partial charge is 0.410 e. The number of hydrogen-bond donors (Lipinski definition) is 1. The van der Waals surface area contributed by atoms with Crippen molar-refractivity contribution < 1.29 is 14.3 Å². The van der Waals surface area contributed by atoms with E-state index in [1.807, 2.05) is 31.7 Å². The predicted octanol–water partition coefficient (Wildman–Crippen LogP) is 3.15. The number of anilines is 2. The van der Waals surface area contributed by atoms with Crippen LogP contribution in [0.2, 0.25) is 0 Å². The molecular formula is C22H35N5O3. The molecule has 0 unspecified atom stereocenters. The summed E-state index contributed by atoms with van der Waals surface area (Å²) in [6.07, 6.45) is 6.08. The number of rotatable bonds is 4. The highest BCUT2D eigenvalue weighted by Crippen LogP contribution is 2.52. The van der Waals surface area contributed by atoms with Gasteiger partial charge < -0.3 is 24.6 Å². The lowest BCUT2D eigenvalue weighted by atomic mass is 9.57. The van der Waals surface area contributed by atoms with Gasteiger partial charge in [-0.2, -0.15) is 0 Å². The molecule has 1 aromatic rings. The van der Waals surface area contributed by atoms with Gasteiger partial charge in [0, 0.05) is 38.8 Å². The van der Waals surface area contributed by atoms with Crippen LogP contribution in [0, 0.1) is 11.3 Å². The number of amides is 1. The maximum absolute atomic E-state index is 12.3. The molecular weight excluding hydrogens is 382 g/mol. The lowest BCUT2D eigenvalue weighted by molar-refractivity contribution is -0.0241. The summed E-state index contributed by atoms with van der Waals surface area (Å²) in [7, 11) is 0. The van der Waals surface area contributed by atoms with Crippen LogP contribution >= 0.6 is 0 Å². The van der Waals surface area contributed by atoms with Crippen molar-refractivity contribution in [1.82, 2.24) is 14.9 Å². The van der Waals surface area contributed by atoms with Gasteiger partial charge in [0.2, 0.25) is 0 Å². The first-order valence-electron chi connectivity index (χ1n) is 11.2. The minimum absolute atomic E-state index is 0.172. The van der Waals surface area contributed by atoms with Crippen LogP contribution in [0.15, 0.2) is 12.4 Å². The summed E-state index contributed by atoms with van der Waals surface area (Å²) in [5.74, 6) is 2.53. The van der Waals surface area contributed by atoms with Crippen LogP contribution < -0.4 is 10.2 Å². The summed E-state index contributed by atoms with van der Waals surface area (Å²) in [6, 6.07) is 2.04. The second-order valence-corrected chi connectivity index (χ2v) is 9.98. The molecule has 8 heteroatoms. The minimum atomic E-state index is -0.428. The van der Waals surface area contributed by atoms with Crippen molar-refractivity contribution in [3.63, 3.8) is 0 Å². The summed E-state index contributed by atoms with van der Waals surface area (Å²) >= 11 is 0. The zero-order chi connectivity index (χ0) is 21.2. The molecule has 0 aromatic carbocycles. The van der Waals surface area contributed by atoms with E-state index in [-0.39, 0.29) is 6.09 Å². The zero-order valence-corrected chi connectivity index (χ0v) is 18.5. The lowest BCUT2D eigenvalue weighted by Crippen LogP contribution is -2.50. The van der Waals surface area contributed by atoms with Gasteiger partial charge in [0.1, 0.15) is 23.6 Å². The van der Waals surface area contributed by atoms with E-state index in [1.165, 1.54) is 12.8 Å². The van der Waals surface area contributed by atoms with Crippen LogP contribution in [0.4, 0.5) is 16.4 Å². The monoisotopic (exact) mass is 417 g/mol. The predicted molar refractivity (Wildman–Crippen MR) is 116 cm³/mol. The van der Waals surface area contributed by atoms with E-state index in [1.54, 1.807) is 6.33 Å². The van der Waals surface area contributed by atoms with Crippen LogP contribution in [0.5, 0.6) is 0 Å². The number of likely N-dealkylation sites (tertiary alicyclic amines) is 1. The van der Waals surface area contributed by atoms with Gasteiger partial charge in [-0.1, -0.05) is 0 Å². The minimum Gasteiger partial charge on any atom is -0.444 e. The van der Waals surface area contributed by atoms with Gasteiger partial charge in [0.05, 0.1) is 13.2 Å². The van der Waals surface area contributed by atoms with Crippen molar-refractivity contribution in [2.45, 2.75) is 52.1 Å². The first kappa shape index (κ1) is 21.2. The maximum atomic E-state index is 12.3. The number of hydrogen-bond acceptors (Lipinski definition) is 7. The number of nitrogens with zero attached hydrogens (tertiary/aromatic N) is 4. The van der Waals surface area contributed by atoms with E-state index < -0.39 is 5.60 Å². The zero-order valence-electron chi connectivity index (χ0n) is 18.5. The topological polar surface area (TPSA) is 79.8 Å². The second kappa shape index (κ2) is 8.57. The summed E-state index contributed by atoms with van der Waals surface area (Å²) in [5.41, 5.74) is -0.0163. The molecule has 1 aromatic heterocycles. The fourth-order valence-electron chi connectivity index (χ4n) is 4.87. The number of ether oxygens (including phenoxy) is 2. The Morgan fingerprint density at radius 1 is 1.20 bits per heavy atom. The van der Waals surface area contributed by atoms with Crippen LogP contribution in [0.1, 0.15) is 46.5 Å². The fraction of sp³-hybridized carbons (Fsp3) is 0.773. The average molecular weight is 418 g/mol. The van der Waals surface area contributed by atoms with Gasteiger partial charge >= 0.3 is 6.09 Å². The molecule has 0 bridgehead atoms. The van der Waals surface area contributed by atoms with E-state index in [9.17, 15) is 4.79 Å². The lowest BCUT2D eigenvalue weighted by Gasteiger charge is -2.52. The molecule has 3 heterocycles. The largest absolute Gasteiger partial charge is 0.444 e. The highest BCUT2D eigenvalue weighted by Gasteiger charge is 2.46. The quantitative estimate of drug-likeness (QED) is 0.806. The maximum Gasteiger partial charge on any atom is 0.410 e. The summed E-state index contributed by atoms with van der Waals surface area (Å²) < 4.78 is 10.9. The fourth-order valence-corrected chi connectivity index (χ4v) is 4.87. The Hall–Kier alpha value is -2.09. The number of nitrogens with one attached hydrogen (secondary N) is 1. The van der Waals surface area contributed by atoms with Crippen LogP contribution in [0.3, 0.4) is 0 Å². The number of carbonyl (C=O) groups is 1. The van der Waals surface area contributed by atoms with E-state index in [0.717, 1.165) is 70.4 Å². The first-order chi connectivity index (χ1) is 14.3. The Morgan fingerprint density at radius 3 is 2.57 bits per heavy atom.